The molecule has 1 aliphatic rings. The van der Waals surface area contributed by atoms with Crippen LogP contribution in [0.2, 0.25) is 5.02 Å². The number of thiazole rings is 1. The first kappa shape index (κ1) is 15.5. The van der Waals surface area contributed by atoms with Crippen molar-refractivity contribution < 1.29 is 9.53 Å². The van der Waals surface area contributed by atoms with Crippen LogP contribution in [0.5, 0.6) is 0 Å². The van der Waals surface area contributed by atoms with Gasteiger partial charge in [0.05, 0.1) is 18.2 Å². The lowest BCUT2D eigenvalue weighted by molar-refractivity contribution is -0.121. The molecule has 2 heterocycles. The summed E-state index contributed by atoms with van der Waals surface area (Å²) in [7, 11) is 0. The molecule has 116 valence electrons. The average molecular weight is 337 g/mol. The fourth-order valence-electron chi connectivity index (χ4n) is 2.37. The molecule has 0 saturated carbocycles. The predicted octanol–water partition coefficient (Wildman–Crippen LogP) is 3.30. The van der Waals surface area contributed by atoms with Crippen molar-refractivity contribution >= 4 is 28.8 Å². The first-order chi connectivity index (χ1) is 10.7. The monoisotopic (exact) mass is 336 g/mol. The Kier molecular flexibility index (Phi) is 5.08. The molecule has 1 aliphatic heterocycles. The van der Waals surface area contributed by atoms with E-state index in [2.05, 4.69) is 10.3 Å². The standard InChI is InChI=1S/C16H17ClN2O2S/c17-12-5-3-11(4-6-12)16-19-13(10-22-16)8-15(20)18-9-14-2-1-7-21-14/h3-6,10,14H,1-2,7-9H2,(H,18,20)/t14-/m1/s1. The third-order valence-electron chi connectivity index (χ3n) is 3.54. The third kappa shape index (κ3) is 4.06. The van der Waals surface area contributed by atoms with Crippen LogP contribution >= 0.6 is 22.9 Å². The largest absolute Gasteiger partial charge is 0.376 e. The van der Waals surface area contributed by atoms with Crippen LogP contribution in [0.3, 0.4) is 0 Å². The minimum atomic E-state index is -0.0107. The van der Waals surface area contributed by atoms with Gasteiger partial charge in [0.1, 0.15) is 5.01 Å². The summed E-state index contributed by atoms with van der Waals surface area (Å²) in [6.07, 6.45) is 2.58. The minimum absolute atomic E-state index is 0.0107. The molecule has 0 spiro atoms. The molecular weight excluding hydrogens is 320 g/mol. The first-order valence-corrected chi connectivity index (χ1v) is 8.55. The van der Waals surface area contributed by atoms with Crippen molar-refractivity contribution in [1.29, 1.82) is 0 Å². The number of hydrogen-bond acceptors (Lipinski definition) is 4. The zero-order valence-corrected chi connectivity index (χ0v) is 13.6. The SMILES string of the molecule is O=C(Cc1csc(-c2ccc(Cl)cc2)n1)NC[C@H]1CCCO1. The van der Waals surface area contributed by atoms with E-state index in [0.717, 1.165) is 35.7 Å². The van der Waals surface area contributed by atoms with Gasteiger partial charge < -0.3 is 10.1 Å². The Morgan fingerprint density at radius 2 is 2.23 bits per heavy atom. The summed E-state index contributed by atoms with van der Waals surface area (Å²) in [6, 6.07) is 7.55. The van der Waals surface area contributed by atoms with Crippen LogP contribution < -0.4 is 5.32 Å². The van der Waals surface area contributed by atoms with Crippen LogP contribution in [0.4, 0.5) is 0 Å². The number of carbonyl (C=O) groups is 1. The molecular formula is C16H17ClN2O2S. The molecule has 1 fully saturated rings. The Balaban J connectivity index is 1.54. The van der Waals surface area contributed by atoms with E-state index in [1.807, 2.05) is 29.6 Å². The van der Waals surface area contributed by atoms with Gasteiger partial charge in [0.15, 0.2) is 0 Å². The number of nitrogens with zero attached hydrogens (tertiary/aromatic N) is 1. The van der Waals surface area contributed by atoms with Crippen molar-refractivity contribution in [3.63, 3.8) is 0 Å². The third-order valence-corrected chi connectivity index (χ3v) is 4.73. The van der Waals surface area contributed by atoms with Gasteiger partial charge in [-0.1, -0.05) is 23.7 Å². The average Bonchev–Trinajstić information content (AvgIpc) is 3.17. The van der Waals surface area contributed by atoms with E-state index in [4.69, 9.17) is 16.3 Å². The number of nitrogens with one attached hydrogen (secondary N) is 1. The summed E-state index contributed by atoms with van der Waals surface area (Å²) >= 11 is 7.42. The van der Waals surface area contributed by atoms with Crippen molar-refractivity contribution in [2.75, 3.05) is 13.2 Å². The number of rotatable bonds is 5. The van der Waals surface area contributed by atoms with Gasteiger partial charge in [-0.3, -0.25) is 4.79 Å². The summed E-state index contributed by atoms with van der Waals surface area (Å²) in [6.45, 7) is 1.39. The highest BCUT2D eigenvalue weighted by atomic mass is 35.5. The van der Waals surface area contributed by atoms with Crippen molar-refractivity contribution in [2.24, 2.45) is 0 Å². The summed E-state index contributed by atoms with van der Waals surface area (Å²) in [5.74, 6) is -0.0107. The Morgan fingerprint density at radius 1 is 1.41 bits per heavy atom. The molecule has 2 aromatic rings. The lowest BCUT2D eigenvalue weighted by Crippen LogP contribution is -2.32. The molecule has 3 rings (SSSR count). The number of benzene rings is 1. The molecule has 1 amide bonds. The van der Waals surface area contributed by atoms with Gasteiger partial charge >= 0.3 is 0 Å². The maximum Gasteiger partial charge on any atom is 0.226 e. The molecule has 0 radical (unpaired) electrons. The van der Waals surface area contributed by atoms with Crippen molar-refractivity contribution in [3.05, 3.63) is 40.4 Å². The van der Waals surface area contributed by atoms with Crippen LogP contribution in [0, 0.1) is 0 Å². The van der Waals surface area contributed by atoms with Gasteiger partial charge in [-0.2, -0.15) is 0 Å². The smallest absolute Gasteiger partial charge is 0.226 e. The number of ether oxygens (including phenoxy) is 1. The van der Waals surface area contributed by atoms with E-state index in [1.165, 1.54) is 11.3 Å². The van der Waals surface area contributed by atoms with E-state index in [9.17, 15) is 4.79 Å². The van der Waals surface area contributed by atoms with Crippen molar-refractivity contribution in [3.8, 4) is 10.6 Å². The topological polar surface area (TPSA) is 51.2 Å². The van der Waals surface area contributed by atoms with Crippen LogP contribution in [0.25, 0.3) is 10.6 Å². The Bertz CT molecular complexity index is 636. The van der Waals surface area contributed by atoms with Gasteiger partial charge in [0, 0.05) is 29.1 Å². The van der Waals surface area contributed by atoms with Crippen LogP contribution in [0.15, 0.2) is 29.6 Å². The second kappa shape index (κ2) is 7.22. The second-order valence-electron chi connectivity index (χ2n) is 5.27. The molecule has 1 aromatic carbocycles. The van der Waals surface area contributed by atoms with Crippen LogP contribution in [-0.2, 0) is 16.0 Å². The van der Waals surface area contributed by atoms with Gasteiger partial charge in [0.2, 0.25) is 5.91 Å². The fourth-order valence-corrected chi connectivity index (χ4v) is 3.33. The second-order valence-corrected chi connectivity index (χ2v) is 6.56. The quantitative estimate of drug-likeness (QED) is 0.911. The maximum atomic E-state index is 11.9. The first-order valence-electron chi connectivity index (χ1n) is 7.29. The van der Waals surface area contributed by atoms with Gasteiger partial charge in [-0.15, -0.1) is 11.3 Å². The summed E-state index contributed by atoms with van der Waals surface area (Å²) < 4.78 is 5.49. The number of carbonyl (C=O) groups excluding carboxylic acids is 1. The molecule has 0 unspecified atom stereocenters. The highest BCUT2D eigenvalue weighted by Crippen LogP contribution is 2.25. The molecule has 1 N–H and O–H groups in total. The zero-order valence-electron chi connectivity index (χ0n) is 12.0. The molecule has 1 saturated heterocycles. The summed E-state index contributed by atoms with van der Waals surface area (Å²) in [5.41, 5.74) is 1.81. The van der Waals surface area contributed by atoms with Gasteiger partial charge in [0.25, 0.3) is 0 Å². The summed E-state index contributed by atoms with van der Waals surface area (Å²) in [4.78, 5) is 16.5. The van der Waals surface area contributed by atoms with Gasteiger partial charge in [-0.05, 0) is 25.0 Å². The number of halogens is 1. The molecule has 4 nitrogen and oxygen atoms in total. The minimum Gasteiger partial charge on any atom is -0.376 e. The zero-order chi connectivity index (χ0) is 15.4. The molecule has 1 aromatic heterocycles. The maximum absolute atomic E-state index is 11.9. The van der Waals surface area contributed by atoms with E-state index in [-0.39, 0.29) is 12.0 Å². The van der Waals surface area contributed by atoms with Crippen molar-refractivity contribution in [2.45, 2.75) is 25.4 Å². The summed E-state index contributed by atoms with van der Waals surface area (Å²) in [5, 5.41) is 6.44. The Hall–Kier alpha value is -1.43. The highest BCUT2D eigenvalue weighted by Gasteiger charge is 2.16. The Morgan fingerprint density at radius 3 is 2.95 bits per heavy atom. The number of hydrogen-bond donors (Lipinski definition) is 1. The van der Waals surface area contributed by atoms with Crippen LogP contribution in [-0.4, -0.2) is 30.1 Å². The molecule has 6 heteroatoms. The Labute approximate surface area is 138 Å². The van der Waals surface area contributed by atoms with E-state index < -0.39 is 0 Å². The number of aromatic nitrogens is 1. The highest BCUT2D eigenvalue weighted by molar-refractivity contribution is 7.13. The number of amides is 1. The van der Waals surface area contributed by atoms with Crippen molar-refractivity contribution in [1.82, 2.24) is 10.3 Å². The molecule has 0 bridgehead atoms. The van der Waals surface area contributed by atoms with Crippen LogP contribution in [0.1, 0.15) is 18.5 Å². The van der Waals surface area contributed by atoms with E-state index in [1.54, 1.807) is 0 Å². The molecule has 22 heavy (non-hydrogen) atoms. The van der Waals surface area contributed by atoms with E-state index in [0.29, 0.717) is 18.0 Å². The predicted molar refractivity (Wildman–Crippen MR) is 88.2 cm³/mol. The molecule has 0 aliphatic carbocycles. The van der Waals surface area contributed by atoms with E-state index >= 15 is 0 Å². The lowest BCUT2D eigenvalue weighted by Gasteiger charge is -2.09. The molecule has 1 atom stereocenters. The normalized spacial score (nSPS) is 17.6. The van der Waals surface area contributed by atoms with Gasteiger partial charge in [-0.25, -0.2) is 4.98 Å². The lowest BCUT2D eigenvalue weighted by atomic mass is 10.2. The fraction of sp³-hybridized carbons (Fsp3) is 0.375.